The predicted octanol–water partition coefficient (Wildman–Crippen LogP) is 4.66. The minimum Gasteiger partial charge on any atom is -0.507 e. The molecular formula is C25H20N6O. The van der Waals surface area contributed by atoms with Crippen LogP contribution >= 0.6 is 0 Å². The molecule has 0 radical (unpaired) electrons. The van der Waals surface area contributed by atoms with Crippen LogP contribution in [0.1, 0.15) is 16.8 Å². The highest BCUT2D eigenvalue weighted by Gasteiger charge is 2.20. The van der Waals surface area contributed by atoms with Crippen molar-refractivity contribution in [1.29, 1.82) is 0 Å². The van der Waals surface area contributed by atoms with E-state index in [0.717, 1.165) is 44.3 Å². The zero-order chi connectivity index (χ0) is 21.8. The molecule has 0 saturated heterocycles. The molecule has 4 heterocycles. The van der Waals surface area contributed by atoms with Crippen molar-refractivity contribution in [2.45, 2.75) is 20.4 Å². The highest BCUT2D eigenvalue weighted by atomic mass is 16.3. The molecular weight excluding hydrogens is 400 g/mol. The summed E-state index contributed by atoms with van der Waals surface area (Å²) >= 11 is 0. The Morgan fingerprint density at radius 2 is 1.84 bits per heavy atom. The van der Waals surface area contributed by atoms with Gasteiger partial charge in [0.15, 0.2) is 11.5 Å². The normalized spacial score (nSPS) is 11.7. The minimum atomic E-state index is 0.185. The summed E-state index contributed by atoms with van der Waals surface area (Å²) in [6.45, 7) is 4.86. The summed E-state index contributed by atoms with van der Waals surface area (Å²) < 4.78 is 3.87. The van der Waals surface area contributed by atoms with Gasteiger partial charge >= 0.3 is 0 Å². The van der Waals surface area contributed by atoms with Gasteiger partial charge < -0.3 is 9.67 Å². The lowest BCUT2D eigenvalue weighted by atomic mass is 10.1. The van der Waals surface area contributed by atoms with Crippen molar-refractivity contribution < 1.29 is 5.11 Å². The topological polar surface area (TPSA) is 81.1 Å². The standard InChI is InChI=1S/C25H20N6O/c1-15-16(2)30(13-17-6-5-11-26-12-17)24-21(15)25-28-23(29-31(25)14-27-24)20-10-9-18-7-3-4-8-19(18)22(20)32/h3-12,14,32H,13H2,1-2H3. The van der Waals surface area contributed by atoms with Gasteiger partial charge in [0.1, 0.15) is 17.7 Å². The van der Waals surface area contributed by atoms with Crippen molar-refractivity contribution in [3.8, 4) is 17.1 Å². The first-order valence-corrected chi connectivity index (χ1v) is 10.4. The molecule has 0 amide bonds. The van der Waals surface area contributed by atoms with E-state index in [2.05, 4.69) is 34.6 Å². The van der Waals surface area contributed by atoms with Crippen LogP contribution < -0.4 is 0 Å². The van der Waals surface area contributed by atoms with Gasteiger partial charge in [0.25, 0.3) is 0 Å². The molecule has 0 aliphatic rings. The van der Waals surface area contributed by atoms with E-state index in [1.54, 1.807) is 17.0 Å². The first kappa shape index (κ1) is 18.5. The molecule has 0 spiro atoms. The third-order valence-electron chi connectivity index (χ3n) is 6.15. The molecule has 7 heteroatoms. The van der Waals surface area contributed by atoms with Gasteiger partial charge in [-0.05, 0) is 42.5 Å². The number of hydrogen-bond donors (Lipinski definition) is 1. The van der Waals surface area contributed by atoms with E-state index in [-0.39, 0.29) is 5.75 Å². The van der Waals surface area contributed by atoms with Crippen molar-refractivity contribution in [2.24, 2.45) is 0 Å². The fraction of sp³-hybridized carbons (Fsp3) is 0.120. The SMILES string of the molecule is Cc1c(C)n(Cc2cccnc2)c2ncn3nc(-c4ccc5ccccc5c4O)nc3c12. The van der Waals surface area contributed by atoms with Crippen LogP contribution in [-0.2, 0) is 6.54 Å². The fourth-order valence-corrected chi connectivity index (χ4v) is 4.35. The second-order valence-corrected chi connectivity index (χ2v) is 7.99. The molecule has 0 saturated carbocycles. The summed E-state index contributed by atoms with van der Waals surface area (Å²) in [7, 11) is 0. The predicted molar refractivity (Wildman–Crippen MR) is 124 cm³/mol. The average Bonchev–Trinajstić information content (AvgIpc) is 3.35. The van der Waals surface area contributed by atoms with E-state index in [9.17, 15) is 5.11 Å². The summed E-state index contributed by atoms with van der Waals surface area (Å²) in [5.41, 5.74) is 5.54. The number of benzene rings is 2. The quantitative estimate of drug-likeness (QED) is 0.450. The van der Waals surface area contributed by atoms with E-state index >= 15 is 0 Å². The van der Waals surface area contributed by atoms with Gasteiger partial charge in [0, 0.05) is 23.5 Å². The van der Waals surface area contributed by atoms with Gasteiger partial charge in [-0.15, -0.1) is 5.10 Å². The summed E-state index contributed by atoms with van der Waals surface area (Å²) in [4.78, 5) is 13.8. The van der Waals surface area contributed by atoms with Gasteiger partial charge in [0.2, 0.25) is 0 Å². The Morgan fingerprint density at radius 1 is 0.969 bits per heavy atom. The number of pyridine rings is 1. The van der Waals surface area contributed by atoms with E-state index in [1.807, 2.05) is 48.7 Å². The van der Waals surface area contributed by atoms with Gasteiger partial charge in [-0.2, -0.15) is 0 Å². The Morgan fingerprint density at radius 3 is 2.69 bits per heavy atom. The highest BCUT2D eigenvalue weighted by molar-refractivity contribution is 5.96. The van der Waals surface area contributed by atoms with Crippen molar-refractivity contribution in [3.63, 3.8) is 0 Å². The highest BCUT2D eigenvalue weighted by Crippen LogP contribution is 2.35. The van der Waals surface area contributed by atoms with Gasteiger partial charge in [0.05, 0.1) is 17.5 Å². The number of aromatic hydroxyl groups is 1. The van der Waals surface area contributed by atoms with E-state index in [0.29, 0.717) is 17.9 Å². The molecule has 156 valence electrons. The number of phenols is 1. The number of fused-ring (bicyclic) bond motifs is 4. The summed E-state index contributed by atoms with van der Waals surface area (Å²) in [5, 5.41) is 18.2. The number of aryl methyl sites for hydroxylation is 1. The average molecular weight is 420 g/mol. The molecule has 0 aliphatic carbocycles. The Labute approximate surface area is 183 Å². The van der Waals surface area contributed by atoms with Crippen molar-refractivity contribution >= 4 is 27.5 Å². The lowest BCUT2D eigenvalue weighted by molar-refractivity contribution is 0.483. The lowest BCUT2D eigenvalue weighted by Gasteiger charge is -2.07. The molecule has 6 aromatic rings. The van der Waals surface area contributed by atoms with Crippen LogP contribution in [0.2, 0.25) is 0 Å². The van der Waals surface area contributed by atoms with Crippen LogP contribution in [0.4, 0.5) is 0 Å². The van der Waals surface area contributed by atoms with E-state index in [4.69, 9.17) is 9.97 Å². The Bertz CT molecular complexity index is 1630. The van der Waals surface area contributed by atoms with Gasteiger partial charge in [-0.25, -0.2) is 14.5 Å². The maximum atomic E-state index is 10.9. The Hall–Kier alpha value is -4.26. The Kier molecular flexibility index (Phi) is 3.98. The smallest absolute Gasteiger partial charge is 0.185 e. The maximum Gasteiger partial charge on any atom is 0.185 e. The monoisotopic (exact) mass is 420 g/mol. The second-order valence-electron chi connectivity index (χ2n) is 7.99. The van der Waals surface area contributed by atoms with Crippen molar-refractivity contribution in [1.82, 2.24) is 29.1 Å². The molecule has 0 unspecified atom stereocenters. The molecule has 4 aromatic heterocycles. The van der Waals surface area contributed by atoms with E-state index in [1.165, 1.54) is 0 Å². The lowest BCUT2D eigenvalue weighted by Crippen LogP contribution is -2.03. The van der Waals surface area contributed by atoms with E-state index < -0.39 is 0 Å². The number of hydrogen-bond acceptors (Lipinski definition) is 5. The first-order chi connectivity index (χ1) is 15.6. The van der Waals surface area contributed by atoms with Crippen LogP contribution in [-0.4, -0.2) is 34.2 Å². The third-order valence-corrected chi connectivity index (χ3v) is 6.15. The van der Waals surface area contributed by atoms with Crippen molar-refractivity contribution in [2.75, 3.05) is 0 Å². The van der Waals surface area contributed by atoms with Gasteiger partial charge in [-0.1, -0.05) is 36.4 Å². The minimum absolute atomic E-state index is 0.185. The zero-order valence-electron chi connectivity index (χ0n) is 17.7. The maximum absolute atomic E-state index is 10.9. The van der Waals surface area contributed by atoms with Crippen LogP contribution in [0.5, 0.6) is 5.75 Å². The summed E-state index contributed by atoms with van der Waals surface area (Å²) in [5.74, 6) is 0.657. The molecule has 1 N–H and O–H groups in total. The molecule has 0 aliphatic heterocycles. The summed E-state index contributed by atoms with van der Waals surface area (Å²) in [6.07, 6.45) is 5.33. The van der Waals surface area contributed by atoms with Crippen LogP contribution in [0.15, 0.2) is 67.3 Å². The van der Waals surface area contributed by atoms with Gasteiger partial charge in [-0.3, -0.25) is 4.98 Å². The van der Waals surface area contributed by atoms with Crippen LogP contribution in [0.3, 0.4) is 0 Å². The molecule has 0 atom stereocenters. The number of rotatable bonds is 3. The largest absolute Gasteiger partial charge is 0.507 e. The molecule has 7 nitrogen and oxygen atoms in total. The number of phenolic OH excluding ortho intramolecular Hbond substituents is 1. The molecule has 0 fully saturated rings. The first-order valence-electron chi connectivity index (χ1n) is 10.4. The summed E-state index contributed by atoms with van der Waals surface area (Å²) in [6, 6.07) is 15.6. The van der Waals surface area contributed by atoms with Crippen LogP contribution in [0.25, 0.3) is 38.8 Å². The Balaban J connectivity index is 1.55. The molecule has 2 aromatic carbocycles. The molecule has 6 rings (SSSR count). The second kappa shape index (κ2) is 6.88. The van der Waals surface area contributed by atoms with Crippen LogP contribution in [0, 0.1) is 13.8 Å². The fourth-order valence-electron chi connectivity index (χ4n) is 4.35. The zero-order valence-corrected chi connectivity index (χ0v) is 17.7. The molecule has 0 bridgehead atoms. The molecule has 32 heavy (non-hydrogen) atoms. The van der Waals surface area contributed by atoms with Crippen molar-refractivity contribution in [3.05, 3.63) is 84.1 Å². The third kappa shape index (κ3) is 2.68. The number of nitrogens with zero attached hydrogens (tertiary/aromatic N) is 6. The number of aromatic nitrogens is 6.